The van der Waals surface area contributed by atoms with Crippen LogP contribution in [0.2, 0.25) is 0 Å². The molecule has 0 radical (unpaired) electrons. The summed E-state index contributed by atoms with van der Waals surface area (Å²) in [5, 5.41) is 16.5. The average Bonchev–Trinajstić information content (AvgIpc) is 1.83. The molecular formula is C6H6O2. The molecule has 2 nitrogen and oxygen atoms in total. The summed E-state index contributed by atoms with van der Waals surface area (Å²) in [5.41, 5.74) is 0. The fourth-order valence-electron chi connectivity index (χ4n) is 0.184. The molecule has 0 aliphatic carbocycles. The lowest BCUT2D eigenvalue weighted by Crippen LogP contribution is -1.96. The summed E-state index contributed by atoms with van der Waals surface area (Å²) in [6.45, 7) is -0.265. The summed E-state index contributed by atoms with van der Waals surface area (Å²) in [5.74, 6) is 6.38. The van der Waals surface area contributed by atoms with Crippen molar-refractivity contribution in [1.82, 2.24) is 0 Å². The quantitative estimate of drug-likeness (QED) is 0.392. The monoisotopic (exact) mass is 110 g/mol. The van der Waals surface area contributed by atoms with E-state index in [9.17, 15) is 0 Å². The maximum absolute atomic E-state index is 8.47. The molecule has 0 aromatic heterocycles. The molecule has 0 fully saturated rings. The van der Waals surface area contributed by atoms with Crippen LogP contribution >= 0.6 is 0 Å². The van der Waals surface area contributed by atoms with Gasteiger partial charge in [0.15, 0.2) is 6.10 Å². The van der Waals surface area contributed by atoms with Gasteiger partial charge in [-0.25, -0.2) is 0 Å². The van der Waals surface area contributed by atoms with Crippen molar-refractivity contribution in [2.75, 3.05) is 6.61 Å². The first-order chi connectivity index (χ1) is 3.81. The summed E-state index contributed by atoms with van der Waals surface area (Å²) in [6, 6.07) is 0. The zero-order chi connectivity index (χ0) is 6.41. The molecule has 2 heteroatoms. The van der Waals surface area contributed by atoms with E-state index < -0.39 is 6.10 Å². The number of hydrogen-bond acceptors (Lipinski definition) is 2. The highest BCUT2D eigenvalue weighted by Crippen LogP contribution is 1.70. The normalized spacial score (nSPS) is 10.6. The van der Waals surface area contributed by atoms with Gasteiger partial charge >= 0.3 is 0 Å². The van der Waals surface area contributed by atoms with Crippen molar-refractivity contribution in [3.63, 3.8) is 0 Å². The van der Waals surface area contributed by atoms with Gasteiger partial charge in [0.1, 0.15) is 6.61 Å². The molecule has 1 atom stereocenters. The molecule has 0 saturated carbocycles. The molecule has 0 bridgehead atoms. The molecule has 0 saturated heterocycles. The second kappa shape index (κ2) is 4.21. The van der Waals surface area contributed by atoms with Crippen LogP contribution in [0.4, 0.5) is 0 Å². The smallest absolute Gasteiger partial charge is 0.176 e. The molecule has 0 aliphatic rings. The predicted octanol–water partition coefficient (Wildman–Crippen LogP) is -1.02. The molecule has 0 amide bonds. The lowest BCUT2D eigenvalue weighted by Gasteiger charge is -1.83. The zero-order valence-corrected chi connectivity index (χ0v) is 4.26. The van der Waals surface area contributed by atoms with E-state index in [2.05, 4.69) is 11.8 Å². The Morgan fingerprint density at radius 3 is 2.62 bits per heavy atom. The van der Waals surface area contributed by atoms with Gasteiger partial charge in [-0.1, -0.05) is 17.8 Å². The van der Waals surface area contributed by atoms with Crippen molar-refractivity contribution in [1.29, 1.82) is 0 Å². The molecule has 2 N–H and O–H groups in total. The second-order valence-electron chi connectivity index (χ2n) is 1.05. The predicted molar refractivity (Wildman–Crippen MR) is 29.7 cm³/mol. The minimum Gasteiger partial charge on any atom is -0.384 e. The number of hydrogen-bond donors (Lipinski definition) is 2. The maximum atomic E-state index is 8.47. The van der Waals surface area contributed by atoms with Gasteiger partial charge in [-0.15, -0.1) is 6.42 Å². The largest absolute Gasteiger partial charge is 0.384 e. The van der Waals surface area contributed by atoms with Crippen LogP contribution in [0.5, 0.6) is 0 Å². The standard InChI is InChI=1S/C6H6O2/c1-2-6(8)4-3-5-7/h1,6-8H,5H2. The Labute approximate surface area is 48.2 Å². The number of aliphatic hydroxyl groups is 2. The molecule has 0 aromatic carbocycles. The molecule has 8 heavy (non-hydrogen) atoms. The van der Waals surface area contributed by atoms with E-state index in [1.807, 2.05) is 5.92 Å². The highest BCUT2D eigenvalue weighted by molar-refractivity contribution is 5.15. The van der Waals surface area contributed by atoms with Crippen molar-refractivity contribution in [3.05, 3.63) is 0 Å². The van der Waals surface area contributed by atoms with Gasteiger partial charge in [0.2, 0.25) is 0 Å². The number of rotatable bonds is 0. The molecule has 0 aromatic rings. The van der Waals surface area contributed by atoms with E-state index in [4.69, 9.17) is 16.6 Å². The van der Waals surface area contributed by atoms with Crippen molar-refractivity contribution in [2.45, 2.75) is 6.10 Å². The van der Waals surface area contributed by atoms with Crippen LogP contribution < -0.4 is 0 Å². The number of terminal acetylenes is 1. The van der Waals surface area contributed by atoms with Crippen LogP contribution in [0, 0.1) is 24.2 Å². The first kappa shape index (κ1) is 7.04. The molecule has 0 spiro atoms. The van der Waals surface area contributed by atoms with Crippen LogP contribution in [0.1, 0.15) is 0 Å². The van der Waals surface area contributed by atoms with Gasteiger partial charge in [0, 0.05) is 0 Å². The van der Waals surface area contributed by atoms with Crippen molar-refractivity contribution in [3.8, 4) is 24.2 Å². The summed E-state index contributed by atoms with van der Waals surface area (Å²) in [6.07, 6.45) is 3.69. The van der Waals surface area contributed by atoms with E-state index in [0.29, 0.717) is 0 Å². The lowest BCUT2D eigenvalue weighted by atomic mass is 10.4. The van der Waals surface area contributed by atoms with Gasteiger partial charge in [-0.2, -0.15) is 0 Å². The van der Waals surface area contributed by atoms with Gasteiger partial charge in [0.25, 0.3) is 0 Å². The van der Waals surface area contributed by atoms with Crippen LogP contribution in [-0.4, -0.2) is 22.9 Å². The van der Waals surface area contributed by atoms with Gasteiger partial charge in [-0.3, -0.25) is 0 Å². The van der Waals surface area contributed by atoms with E-state index in [1.54, 1.807) is 0 Å². The minimum atomic E-state index is -1.04. The van der Waals surface area contributed by atoms with Gasteiger partial charge in [0.05, 0.1) is 0 Å². The Hall–Kier alpha value is -0.960. The topological polar surface area (TPSA) is 40.5 Å². The van der Waals surface area contributed by atoms with Crippen molar-refractivity contribution >= 4 is 0 Å². The third-order valence-corrected chi connectivity index (χ3v) is 0.476. The Bertz CT molecular complexity index is 144. The Balaban J connectivity index is 3.56. The molecule has 0 rings (SSSR count). The Kier molecular flexibility index (Phi) is 3.70. The molecule has 0 aliphatic heterocycles. The van der Waals surface area contributed by atoms with Crippen LogP contribution in [0.3, 0.4) is 0 Å². The lowest BCUT2D eigenvalue weighted by molar-refractivity contribution is 0.288. The second-order valence-corrected chi connectivity index (χ2v) is 1.05. The highest BCUT2D eigenvalue weighted by atomic mass is 16.3. The van der Waals surface area contributed by atoms with E-state index in [-0.39, 0.29) is 6.61 Å². The molecule has 1 unspecified atom stereocenters. The first-order valence-corrected chi connectivity index (χ1v) is 2.04. The first-order valence-electron chi connectivity index (χ1n) is 2.04. The zero-order valence-electron chi connectivity index (χ0n) is 4.26. The fraction of sp³-hybridized carbons (Fsp3) is 0.333. The summed E-state index contributed by atoms with van der Waals surface area (Å²) >= 11 is 0. The molecular weight excluding hydrogens is 104 g/mol. The Morgan fingerprint density at radius 2 is 2.25 bits per heavy atom. The van der Waals surface area contributed by atoms with E-state index in [0.717, 1.165) is 0 Å². The van der Waals surface area contributed by atoms with Gasteiger partial charge < -0.3 is 10.2 Å². The van der Waals surface area contributed by atoms with E-state index >= 15 is 0 Å². The SMILES string of the molecule is C#CC(O)C#CCO. The maximum Gasteiger partial charge on any atom is 0.176 e. The third-order valence-electron chi connectivity index (χ3n) is 0.476. The Morgan fingerprint density at radius 1 is 1.62 bits per heavy atom. The van der Waals surface area contributed by atoms with E-state index in [1.165, 1.54) is 0 Å². The molecule has 42 valence electrons. The molecule has 0 heterocycles. The van der Waals surface area contributed by atoms with Crippen LogP contribution in [0.25, 0.3) is 0 Å². The van der Waals surface area contributed by atoms with Gasteiger partial charge in [-0.05, 0) is 0 Å². The minimum absolute atomic E-state index is 0.265. The van der Waals surface area contributed by atoms with Crippen LogP contribution in [-0.2, 0) is 0 Å². The third kappa shape index (κ3) is 3.24. The fourth-order valence-corrected chi connectivity index (χ4v) is 0.184. The summed E-state index contributed by atoms with van der Waals surface area (Å²) in [4.78, 5) is 0. The highest BCUT2D eigenvalue weighted by Gasteiger charge is 1.84. The van der Waals surface area contributed by atoms with Crippen molar-refractivity contribution in [2.24, 2.45) is 0 Å². The van der Waals surface area contributed by atoms with Crippen molar-refractivity contribution < 1.29 is 10.2 Å². The summed E-state index contributed by atoms with van der Waals surface area (Å²) in [7, 11) is 0. The van der Waals surface area contributed by atoms with Crippen LogP contribution in [0.15, 0.2) is 0 Å². The summed E-state index contributed by atoms with van der Waals surface area (Å²) < 4.78 is 0. The number of aliphatic hydroxyl groups excluding tert-OH is 2. The average molecular weight is 110 g/mol.